The molecule has 1 N–H and O–H groups in total. The van der Waals surface area contributed by atoms with Crippen LogP contribution in [0.25, 0.3) is 0 Å². The maximum absolute atomic E-state index is 13.3. The molecule has 0 spiro atoms. The summed E-state index contributed by atoms with van der Waals surface area (Å²) in [5.41, 5.74) is 5.35. The van der Waals surface area contributed by atoms with Crippen LogP contribution >= 0.6 is 0 Å². The summed E-state index contributed by atoms with van der Waals surface area (Å²) in [6, 6.07) is 18.2. The number of fused-ring (bicyclic) bond motifs is 1. The molecular weight excluding hydrogens is 336 g/mol. The first-order valence-corrected chi connectivity index (χ1v) is 9.25. The minimum absolute atomic E-state index is 0.187. The fraction of sp³-hybridized carbons (Fsp3) is 0.227. The van der Waals surface area contributed by atoms with Gasteiger partial charge in [-0.25, -0.2) is 4.68 Å². The van der Waals surface area contributed by atoms with E-state index in [1.54, 1.807) is 6.33 Å². The largest absolute Gasteiger partial charge is 0.328 e. The zero-order valence-electron chi connectivity index (χ0n) is 15.1. The Morgan fingerprint density at radius 1 is 1.04 bits per heavy atom. The number of Topliss-reactive ketones (excluding diaryl/α,β-unsaturated/α-hetero) is 1. The summed E-state index contributed by atoms with van der Waals surface area (Å²) in [5.74, 6) is 1.07. The van der Waals surface area contributed by atoms with Crippen molar-refractivity contribution < 1.29 is 4.79 Å². The van der Waals surface area contributed by atoms with Crippen molar-refractivity contribution >= 4 is 11.7 Å². The number of aromatic nitrogens is 3. The highest BCUT2D eigenvalue weighted by Crippen LogP contribution is 2.44. The SMILES string of the molecule is Cc1ccccc1[C@H]1CC(=O)C2=C(C1)Nc1ncnn1[C@H]2c1ccccc1. The van der Waals surface area contributed by atoms with Gasteiger partial charge in [-0.05, 0) is 36.0 Å². The van der Waals surface area contributed by atoms with Gasteiger partial charge in [-0.15, -0.1) is 0 Å². The van der Waals surface area contributed by atoms with E-state index in [0.29, 0.717) is 12.4 Å². The minimum Gasteiger partial charge on any atom is -0.328 e. The molecule has 2 atom stereocenters. The molecule has 5 nitrogen and oxygen atoms in total. The lowest BCUT2D eigenvalue weighted by atomic mass is 9.77. The summed E-state index contributed by atoms with van der Waals surface area (Å²) in [5, 5.41) is 7.76. The van der Waals surface area contributed by atoms with E-state index >= 15 is 0 Å². The van der Waals surface area contributed by atoms with Gasteiger partial charge in [0.25, 0.3) is 0 Å². The van der Waals surface area contributed by atoms with Crippen molar-refractivity contribution in [1.82, 2.24) is 14.8 Å². The highest BCUT2D eigenvalue weighted by atomic mass is 16.1. The predicted octanol–water partition coefficient (Wildman–Crippen LogP) is 4.00. The van der Waals surface area contributed by atoms with E-state index in [1.807, 2.05) is 41.1 Å². The third-order valence-corrected chi connectivity index (χ3v) is 5.61. The molecule has 0 fully saturated rings. The second kappa shape index (κ2) is 6.20. The molecule has 2 aliphatic rings. The molecule has 0 saturated carbocycles. The number of carbonyl (C=O) groups excluding carboxylic acids is 1. The first kappa shape index (κ1) is 16.0. The molecule has 5 rings (SSSR count). The monoisotopic (exact) mass is 356 g/mol. The van der Waals surface area contributed by atoms with Crippen LogP contribution in [-0.4, -0.2) is 20.5 Å². The summed E-state index contributed by atoms with van der Waals surface area (Å²) in [7, 11) is 0. The van der Waals surface area contributed by atoms with E-state index in [0.717, 1.165) is 23.3 Å². The molecule has 134 valence electrons. The van der Waals surface area contributed by atoms with Gasteiger partial charge < -0.3 is 5.32 Å². The number of carbonyl (C=O) groups is 1. The number of aryl methyl sites for hydroxylation is 1. The van der Waals surface area contributed by atoms with Gasteiger partial charge in [-0.2, -0.15) is 10.1 Å². The summed E-state index contributed by atoms with van der Waals surface area (Å²) >= 11 is 0. The maximum Gasteiger partial charge on any atom is 0.226 e. The fourth-order valence-corrected chi connectivity index (χ4v) is 4.36. The number of benzene rings is 2. The molecule has 27 heavy (non-hydrogen) atoms. The van der Waals surface area contributed by atoms with Gasteiger partial charge in [0, 0.05) is 17.7 Å². The van der Waals surface area contributed by atoms with Crippen molar-refractivity contribution in [2.24, 2.45) is 0 Å². The van der Waals surface area contributed by atoms with E-state index in [1.165, 1.54) is 11.1 Å². The van der Waals surface area contributed by atoms with E-state index < -0.39 is 0 Å². The van der Waals surface area contributed by atoms with Crippen LogP contribution in [0.5, 0.6) is 0 Å². The van der Waals surface area contributed by atoms with Crippen molar-refractivity contribution in [3.05, 3.63) is 88.9 Å². The molecule has 0 amide bonds. The standard InChI is InChI=1S/C22H20N4O/c1-14-7-5-6-10-17(14)16-11-18-20(19(27)12-16)21(15-8-3-2-4-9-15)26-22(25-18)23-13-24-26/h2-10,13,16,21H,11-12H2,1H3,(H,23,24,25)/t16-,21+/m1/s1. The summed E-state index contributed by atoms with van der Waals surface area (Å²) in [6.45, 7) is 2.11. The van der Waals surface area contributed by atoms with Crippen LogP contribution in [0.4, 0.5) is 5.95 Å². The minimum atomic E-state index is -0.217. The van der Waals surface area contributed by atoms with Crippen LogP contribution in [0.15, 0.2) is 72.2 Å². The van der Waals surface area contributed by atoms with Crippen molar-refractivity contribution in [1.29, 1.82) is 0 Å². The van der Waals surface area contributed by atoms with Crippen molar-refractivity contribution in [2.75, 3.05) is 5.32 Å². The third kappa shape index (κ3) is 2.58. The third-order valence-electron chi connectivity index (χ3n) is 5.61. The second-order valence-electron chi connectivity index (χ2n) is 7.24. The second-order valence-corrected chi connectivity index (χ2v) is 7.24. The zero-order valence-corrected chi connectivity index (χ0v) is 15.1. The quantitative estimate of drug-likeness (QED) is 0.754. The molecule has 2 heterocycles. The van der Waals surface area contributed by atoms with Crippen LogP contribution in [-0.2, 0) is 4.79 Å². The number of anilines is 1. The lowest BCUT2D eigenvalue weighted by molar-refractivity contribution is -0.116. The van der Waals surface area contributed by atoms with E-state index in [9.17, 15) is 4.79 Å². The molecular formula is C22H20N4O. The predicted molar refractivity (Wildman–Crippen MR) is 103 cm³/mol. The topological polar surface area (TPSA) is 59.8 Å². The number of nitrogens with zero attached hydrogens (tertiary/aromatic N) is 3. The number of ketones is 1. The molecule has 0 radical (unpaired) electrons. The van der Waals surface area contributed by atoms with Gasteiger partial charge in [-0.1, -0.05) is 54.6 Å². The van der Waals surface area contributed by atoms with Gasteiger partial charge in [0.05, 0.1) is 0 Å². The Morgan fingerprint density at radius 3 is 2.63 bits per heavy atom. The average molecular weight is 356 g/mol. The van der Waals surface area contributed by atoms with Gasteiger partial charge in [0.2, 0.25) is 5.95 Å². The normalized spacial score (nSPS) is 21.4. The zero-order chi connectivity index (χ0) is 18.4. The summed E-state index contributed by atoms with van der Waals surface area (Å²) in [4.78, 5) is 17.6. The van der Waals surface area contributed by atoms with Crippen molar-refractivity contribution in [3.63, 3.8) is 0 Å². The smallest absolute Gasteiger partial charge is 0.226 e. The van der Waals surface area contributed by atoms with Gasteiger partial charge >= 0.3 is 0 Å². The Hall–Kier alpha value is -3.21. The first-order chi connectivity index (χ1) is 13.2. The van der Waals surface area contributed by atoms with Gasteiger partial charge in [0.15, 0.2) is 5.78 Å². The van der Waals surface area contributed by atoms with E-state index in [4.69, 9.17) is 0 Å². The molecule has 5 heteroatoms. The van der Waals surface area contributed by atoms with E-state index in [-0.39, 0.29) is 17.7 Å². The number of hydrogen-bond acceptors (Lipinski definition) is 4. The molecule has 0 unspecified atom stereocenters. The maximum atomic E-state index is 13.3. The lowest BCUT2D eigenvalue weighted by Gasteiger charge is -2.35. The Morgan fingerprint density at radius 2 is 1.81 bits per heavy atom. The van der Waals surface area contributed by atoms with Crippen LogP contribution in [0.3, 0.4) is 0 Å². The summed E-state index contributed by atoms with van der Waals surface area (Å²) < 4.78 is 1.82. The number of nitrogens with one attached hydrogen (secondary N) is 1. The van der Waals surface area contributed by atoms with Gasteiger partial charge in [-0.3, -0.25) is 4.79 Å². The molecule has 3 aromatic rings. The summed E-state index contributed by atoms with van der Waals surface area (Å²) in [6.07, 6.45) is 2.88. The molecule has 1 aliphatic heterocycles. The van der Waals surface area contributed by atoms with Crippen molar-refractivity contribution in [3.8, 4) is 0 Å². The molecule has 2 aromatic carbocycles. The highest BCUT2D eigenvalue weighted by molar-refractivity contribution is 6.00. The molecule has 1 aromatic heterocycles. The van der Waals surface area contributed by atoms with Crippen molar-refractivity contribution in [2.45, 2.75) is 31.7 Å². The van der Waals surface area contributed by atoms with Crippen LogP contribution < -0.4 is 5.32 Å². The van der Waals surface area contributed by atoms with E-state index in [2.05, 4.69) is 40.5 Å². The number of rotatable bonds is 2. The van der Waals surface area contributed by atoms with Crippen LogP contribution in [0.1, 0.15) is 41.5 Å². The lowest BCUT2D eigenvalue weighted by Crippen LogP contribution is -2.33. The molecule has 1 aliphatic carbocycles. The molecule has 0 bridgehead atoms. The Labute approximate surface area is 157 Å². The number of hydrogen-bond donors (Lipinski definition) is 1. The number of allylic oxidation sites excluding steroid dienone is 2. The average Bonchev–Trinajstić information content (AvgIpc) is 3.15. The Bertz CT molecular complexity index is 1050. The Balaban J connectivity index is 1.61. The van der Waals surface area contributed by atoms with Gasteiger partial charge in [0.1, 0.15) is 12.4 Å². The fourth-order valence-electron chi connectivity index (χ4n) is 4.36. The van der Waals surface area contributed by atoms with Crippen LogP contribution in [0.2, 0.25) is 0 Å². The Kier molecular flexibility index (Phi) is 3.67. The molecule has 0 saturated heterocycles. The highest BCUT2D eigenvalue weighted by Gasteiger charge is 2.39. The van der Waals surface area contributed by atoms with Crippen LogP contribution in [0, 0.1) is 6.92 Å². The first-order valence-electron chi connectivity index (χ1n) is 9.25.